The number of carboxylic acid groups (broad SMARTS) is 3. The van der Waals surface area contributed by atoms with E-state index in [2.05, 4.69) is 0 Å². The summed E-state index contributed by atoms with van der Waals surface area (Å²) in [5, 5.41) is 33.8. The van der Waals surface area contributed by atoms with Gasteiger partial charge in [-0.15, -0.1) is 0 Å². The standard InChI is InChI=1S/C6H8O7.Al.Fe.3H/c7-3(8)1-6(13,5(11)12)2-4(9)10;;;;;/h13H,1-2H2,(H,7,8)(H,9,10)(H,11,12);;;;;. The Morgan fingerprint density at radius 3 is 1.33 bits per heavy atom. The van der Waals surface area contributed by atoms with Crippen LogP contribution in [0.15, 0.2) is 0 Å². The molecule has 0 saturated carbocycles. The molecule has 0 spiro atoms. The van der Waals surface area contributed by atoms with Gasteiger partial charge >= 0.3 is 17.9 Å². The molecule has 0 heterocycles. The topological polar surface area (TPSA) is 132 Å². The summed E-state index contributed by atoms with van der Waals surface area (Å²) in [5.41, 5.74) is -2.74. The van der Waals surface area contributed by atoms with Crippen LogP contribution in [0.5, 0.6) is 0 Å². The van der Waals surface area contributed by atoms with Gasteiger partial charge in [-0.3, -0.25) is 9.59 Å². The molecule has 15 heavy (non-hydrogen) atoms. The average molecular weight is 278 g/mol. The maximum absolute atomic E-state index is 10.3. The summed E-state index contributed by atoms with van der Waals surface area (Å²) in [6, 6.07) is 0. The number of hydrogen-bond donors (Lipinski definition) is 4. The average Bonchev–Trinajstić information content (AvgIpc) is 1.82. The van der Waals surface area contributed by atoms with E-state index in [1.807, 2.05) is 0 Å². The van der Waals surface area contributed by atoms with E-state index in [0.717, 1.165) is 0 Å². The van der Waals surface area contributed by atoms with Crippen molar-refractivity contribution < 1.29 is 51.9 Å². The van der Waals surface area contributed by atoms with Crippen LogP contribution in [0.1, 0.15) is 12.8 Å². The Morgan fingerprint density at radius 2 is 1.20 bits per heavy atom. The van der Waals surface area contributed by atoms with Crippen molar-refractivity contribution in [1.29, 1.82) is 0 Å². The van der Waals surface area contributed by atoms with E-state index in [1.54, 1.807) is 0 Å². The van der Waals surface area contributed by atoms with Gasteiger partial charge < -0.3 is 20.4 Å². The zero-order valence-corrected chi connectivity index (χ0v) is 7.89. The number of carbonyl (C=O) groups is 3. The molecule has 0 atom stereocenters. The first-order valence-electron chi connectivity index (χ1n) is 3.17. The molecular formula is C6H11AlFeO7. The number of hydrogen-bond acceptors (Lipinski definition) is 4. The fourth-order valence-corrected chi connectivity index (χ4v) is 0.714. The van der Waals surface area contributed by atoms with Gasteiger partial charge in [-0.25, -0.2) is 4.79 Å². The Labute approximate surface area is 106 Å². The SMILES string of the molecule is O=C(O)CC(O)(CC(=O)O)C(=O)O.[AlH3].[Fe]. The Balaban J connectivity index is -0.000000720. The summed E-state index contributed by atoms with van der Waals surface area (Å²) in [6.45, 7) is 0. The third kappa shape index (κ3) is 7.36. The third-order valence-electron chi connectivity index (χ3n) is 1.29. The van der Waals surface area contributed by atoms with Gasteiger partial charge in [-0.2, -0.15) is 0 Å². The molecule has 0 saturated heterocycles. The van der Waals surface area contributed by atoms with Crippen LogP contribution in [0.25, 0.3) is 0 Å². The van der Waals surface area contributed by atoms with Gasteiger partial charge in [0, 0.05) is 17.1 Å². The van der Waals surface area contributed by atoms with Crippen molar-refractivity contribution in [3.05, 3.63) is 0 Å². The van der Waals surface area contributed by atoms with Crippen molar-refractivity contribution in [2.75, 3.05) is 0 Å². The molecular weight excluding hydrogens is 267 g/mol. The first-order valence-corrected chi connectivity index (χ1v) is 3.17. The zero-order valence-electron chi connectivity index (χ0n) is 6.78. The number of aliphatic carboxylic acids is 3. The van der Waals surface area contributed by atoms with Gasteiger partial charge in [0.25, 0.3) is 0 Å². The van der Waals surface area contributed by atoms with E-state index in [9.17, 15) is 14.4 Å². The summed E-state index contributed by atoms with van der Waals surface area (Å²) in [4.78, 5) is 30.5. The minimum atomic E-state index is -2.74. The van der Waals surface area contributed by atoms with Crippen molar-refractivity contribution in [2.45, 2.75) is 18.4 Å². The molecule has 0 rings (SSSR count). The van der Waals surface area contributed by atoms with Gasteiger partial charge in [0.05, 0.1) is 12.8 Å². The first-order chi connectivity index (χ1) is 5.78. The molecule has 0 aliphatic heterocycles. The quantitative estimate of drug-likeness (QED) is 0.411. The molecule has 0 aromatic carbocycles. The molecule has 7 nitrogen and oxygen atoms in total. The van der Waals surface area contributed by atoms with Crippen LogP contribution in [0.2, 0.25) is 0 Å². The van der Waals surface area contributed by atoms with Crippen molar-refractivity contribution >= 4 is 35.3 Å². The Kier molecular flexibility index (Phi) is 10.2. The van der Waals surface area contributed by atoms with Gasteiger partial charge in [-0.1, -0.05) is 0 Å². The molecule has 0 amide bonds. The fourth-order valence-electron chi connectivity index (χ4n) is 0.714. The van der Waals surface area contributed by atoms with E-state index in [-0.39, 0.29) is 34.4 Å². The number of rotatable bonds is 5. The van der Waals surface area contributed by atoms with E-state index in [0.29, 0.717) is 0 Å². The van der Waals surface area contributed by atoms with Crippen molar-refractivity contribution in [3.8, 4) is 0 Å². The van der Waals surface area contributed by atoms with Gasteiger partial charge in [0.2, 0.25) is 0 Å². The maximum Gasteiger partial charge on any atom is 0.336 e. The summed E-state index contributed by atoms with van der Waals surface area (Å²) in [6.07, 6.45) is -2.29. The molecule has 4 N–H and O–H groups in total. The minimum Gasteiger partial charge on any atom is -0.481 e. The van der Waals surface area contributed by atoms with E-state index < -0.39 is 36.4 Å². The van der Waals surface area contributed by atoms with Crippen LogP contribution in [-0.4, -0.2) is 61.3 Å². The molecule has 0 radical (unpaired) electrons. The van der Waals surface area contributed by atoms with Gasteiger partial charge in [-0.05, 0) is 0 Å². The second-order valence-electron chi connectivity index (χ2n) is 2.48. The van der Waals surface area contributed by atoms with Crippen molar-refractivity contribution in [1.82, 2.24) is 0 Å². The maximum atomic E-state index is 10.3. The molecule has 0 aromatic heterocycles. The summed E-state index contributed by atoms with van der Waals surface area (Å²) in [7, 11) is 0. The predicted octanol–water partition coefficient (Wildman–Crippen LogP) is -2.43. The van der Waals surface area contributed by atoms with E-state index in [1.165, 1.54) is 0 Å². The normalized spacial score (nSPS) is 9.40. The third-order valence-corrected chi connectivity index (χ3v) is 1.29. The number of carboxylic acids is 3. The van der Waals surface area contributed by atoms with Crippen molar-refractivity contribution in [2.24, 2.45) is 0 Å². The molecule has 0 bridgehead atoms. The Morgan fingerprint density at radius 1 is 0.933 bits per heavy atom. The summed E-state index contributed by atoms with van der Waals surface area (Å²) < 4.78 is 0. The zero-order chi connectivity index (χ0) is 10.6. The van der Waals surface area contributed by atoms with E-state index in [4.69, 9.17) is 20.4 Å². The second kappa shape index (κ2) is 7.68. The largest absolute Gasteiger partial charge is 0.481 e. The molecule has 0 aliphatic rings. The van der Waals surface area contributed by atoms with Crippen LogP contribution in [-0.2, 0) is 31.5 Å². The Bertz CT molecular complexity index is 238. The molecule has 0 aliphatic carbocycles. The number of aliphatic hydroxyl groups is 1. The second-order valence-corrected chi connectivity index (χ2v) is 2.48. The minimum absolute atomic E-state index is 0. The predicted molar refractivity (Wildman–Crippen MR) is 47.0 cm³/mol. The smallest absolute Gasteiger partial charge is 0.336 e. The van der Waals surface area contributed by atoms with Crippen LogP contribution in [0.3, 0.4) is 0 Å². The van der Waals surface area contributed by atoms with Crippen LogP contribution in [0.4, 0.5) is 0 Å². The summed E-state index contributed by atoms with van der Waals surface area (Å²) in [5.74, 6) is -5.02. The Hall–Kier alpha value is -0.578. The van der Waals surface area contributed by atoms with Gasteiger partial charge in [0.15, 0.2) is 23.0 Å². The van der Waals surface area contributed by atoms with Crippen LogP contribution >= 0.6 is 0 Å². The molecule has 0 unspecified atom stereocenters. The van der Waals surface area contributed by atoms with Crippen molar-refractivity contribution in [3.63, 3.8) is 0 Å². The summed E-state index contributed by atoms with van der Waals surface area (Å²) >= 11 is 0. The molecule has 9 heteroatoms. The molecule has 0 fully saturated rings. The fraction of sp³-hybridized carbons (Fsp3) is 0.500. The molecule has 0 aromatic rings. The van der Waals surface area contributed by atoms with Crippen LogP contribution in [0, 0.1) is 0 Å². The monoisotopic (exact) mass is 278 g/mol. The molecule has 88 valence electrons. The van der Waals surface area contributed by atoms with Crippen LogP contribution < -0.4 is 0 Å². The van der Waals surface area contributed by atoms with Gasteiger partial charge in [0.1, 0.15) is 0 Å². The van der Waals surface area contributed by atoms with E-state index >= 15 is 0 Å². The first kappa shape index (κ1) is 19.9.